The SMILES string of the molecule is CC(NC1CCN(c2nccs2)CC1)c1nccn1C. The van der Waals surface area contributed by atoms with Crippen LogP contribution in [0.5, 0.6) is 0 Å². The van der Waals surface area contributed by atoms with Gasteiger partial charge in [-0.1, -0.05) is 0 Å². The number of hydrogen-bond donors (Lipinski definition) is 1. The highest BCUT2D eigenvalue weighted by molar-refractivity contribution is 7.13. The number of rotatable bonds is 4. The summed E-state index contributed by atoms with van der Waals surface area (Å²) >= 11 is 1.73. The Morgan fingerprint density at radius 3 is 2.70 bits per heavy atom. The van der Waals surface area contributed by atoms with Gasteiger partial charge in [0.25, 0.3) is 0 Å². The van der Waals surface area contributed by atoms with Crippen molar-refractivity contribution in [3.05, 3.63) is 29.8 Å². The first-order valence-corrected chi connectivity index (χ1v) is 7.99. The Bertz CT molecular complexity index is 528. The molecule has 0 amide bonds. The highest BCUT2D eigenvalue weighted by atomic mass is 32.1. The van der Waals surface area contributed by atoms with Crippen molar-refractivity contribution >= 4 is 16.5 Å². The van der Waals surface area contributed by atoms with Gasteiger partial charge in [-0.2, -0.15) is 0 Å². The summed E-state index contributed by atoms with van der Waals surface area (Å²) in [5, 5.41) is 6.90. The number of aromatic nitrogens is 3. The fraction of sp³-hybridized carbons (Fsp3) is 0.571. The number of piperidine rings is 1. The molecule has 2 aromatic heterocycles. The Morgan fingerprint density at radius 1 is 1.30 bits per heavy atom. The lowest BCUT2D eigenvalue weighted by atomic mass is 10.0. The minimum atomic E-state index is 0.298. The molecule has 0 saturated carbocycles. The lowest BCUT2D eigenvalue weighted by Gasteiger charge is -2.33. The third kappa shape index (κ3) is 2.86. The van der Waals surface area contributed by atoms with E-state index >= 15 is 0 Å². The molecule has 20 heavy (non-hydrogen) atoms. The number of nitrogens with zero attached hydrogens (tertiary/aromatic N) is 4. The van der Waals surface area contributed by atoms with Gasteiger partial charge in [-0.3, -0.25) is 0 Å². The summed E-state index contributed by atoms with van der Waals surface area (Å²) < 4.78 is 2.09. The van der Waals surface area contributed by atoms with Crippen molar-refractivity contribution in [2.75, 3.05) is 18.0 Å². The maximum atomic E-state index is 4.42. The minimum Gasteiger partial charge on any atom is -0.348 e. The van der Waals surface area contributed by atoms with Crippen LogP contribution in [0.2, 0.25) is 0 Å². The maximum Gasteiger partial charge on any atom is 0.185 e. The second-order valence-corrected chi connectivity index (χ2v) is 6.23. The van der Waals surface area contributed by atoms with E-state index < -0.39 is 0 Å². The van der Waals surface area contributed by atoms with E-state index in [0.29, 0.717) is 12.1 Å². The average molecular weight is 291 g/mol. The maximum absolute atomic E-state index is 4.42. The summed E-state index contributed by atoms with van der Waals surface area (Å²) in [7, 11) is 2.05. The molecule has 1 fully saturated rings. The molecule has 108 valence electrons. The Kier molecular flexibility index (Phi) is 4.03. The lowest BCUT2D eigenvalue weighted by molar-refractivity contribution is 0.370. The second-order valence-electron chi connectivity index (χ2n) is 5.36. The second kappa shape index (κ2) is 5.93. The van der Waals surface area contributed by atoms with E-state index in [1.807, 2.05) is 31.0 Å². The minimum absolute atomic E-state index is 0.298. The number of imidazole rings is 1. The van der Waals surface area contributed by atoms with Crippen LogP contribution in [0.3, 0.4) is 0 Å². The van der Waals surface area contributed by atoms with Crippen LogP contribution in [-0.4, -0.2) is 33.7 Å². The van der Waals surface area contributed by atoms with Crippen LogP contribution < -0.4 is 10.2 Å². The first-order valence-electron chi connectivity index (χ1n) is 7.12. The van der Waals surface area contributed by atoms with Crippen LogP contribution in [0.1, 0.15) is 31.6 Å². The normalized spacial score (nSPS) is 18.4. The average Bonchev–Trinajstić information content (AvgIpc) is 3.10. The third-order valence-electron chi connectivity index (χ3n) is 3.92. The van der Waals surface area contributed by atoms with E-state index in [4.69, 9.17) is 0 Å². The molecule has 1 N–H and O–H groups in total. The van der Waals surface area contributed by atoms with Gasteiger partial charge in [-0.15, -0.1) is 11.3 Å². The van der Waals surface area contributed by atoms with Crippen LogP contribution >= 0.6 is 11.3 Å². The molecule has 0 aliphatic carbocycles. The predicted octanol–water partition coefficient (Wildman–Crippen LogP) is 2.20. The van der Waals surface area contributed by atoms with Crippen molar-refractivity contribution in [3.8, 4) is 0 Å². The highest BCUT2D eigenvalue weighted by Crippen LogP contribution is 2.23. The van der Waals surface area contributed by atoms with E-state index in [9.17, 15) is 0 Å². The molecule has 2 aromatic rings. The van der Waals surface area contributed by atoms with Crippen LogP contribution in [-0.2, 0) is 7.05 Å². The summed E-state index contributed by atoms with van der Waals surface area (Å²) in [6, 6.07) is 0.865. The van der Waals surface area contributed by atoms with Crippen molar-refractivity contribution in [1.29, 1.82) is 0 Å². The highest BCUT2D eigenvalue weighted by Gasteiger charge is 2.23. The summed E-state index contributed by atoms with van der Waals surface area (Å²) in [6.45, 7) is 4.35. The molecule has 6 heteroatoms. The standard InChI is InChI=1S/C14H21N5S/c1-11(13-15-5-9-18(13)2)17-12-3-7-19(8-4-12)14-16-6-10-20-14/h5-6,9-12,17H,3-4,7-8H2,1-2H3. The number of anilines is 1. The molecule has 5 nitrogen and oxygen atoms in total. The molecule has 3 heterocycles. The molecule has 0 aromatic carbocycles. The molecule has 0 radical (unpaired) electrons. The first-order chi connectivity index (χ1) is 9.74. The molecule has 1 aliphatic heterocycles. The molecule has 0 spiro atoms. The zero-order valence-electron chi connectivity index (χ0n) is 12.0. The fourth-order valence-electron chi connectivity index (χ4n) is 2.83. The van der Waals surface area contributed by atoms with Crippen molar-refractivity contribution in [2.24, 2.45) is 7.05 Å². The summed E-state index contributed by atoms with van der Waals surface area (Å²) in [5.41, 5.74) is 0. The van der Waals surface area contributed by atoms with Gasteiger partial charge in [0.05, 0.1) is 6.04 Å². The summed E-state index contributed by atoms with van der Waals surface area (Å²) in [6.07, 6.45) is 8.06. The lowest BCUT2D eigenvalue weighted by Crippen LogP contribution is -2.43. The largest absolute Gasteiger partial charge is 0.348 e. The van der Waals surface area contributed by atoms with Gasteiger partial charge < -0.3 is 14.8 Å². The van der Waals surface area contributed by atoms with Crippen molar-refractivity contribution in [3.63, 3.8) is 0 Å². The topological polar surface area (TPSA) is 46.0 Å². The van der Waals surface area contributed by atoms with Gasteiger partial charge in [0, 0.05) is 50.1 Å². The molecule has 3 rings (SSSR count). The monoisotopic (exact) mass is 291 g/mol. The number of aryl methyl sites for hydroxylation is 1. The molecule has 0 bridgehead atoms. The first kappa shape index (κ1) is 13.6. The van der Waals surface area contributed by atoms with Gasteiger partial charge in [0.2, 0.25) is 0 Å². The van der Waals surface area contributed by atoms with Crippen molar-refractivity contribution in [1.82, 2.24) is 19.9 Å². The van der Waals surface area contributed by atoms with Crippen molar-refractivity contribution < 1.29 is 0 Å². The third-order valence-corrected chi connectivity index (χ3v) is 4.75. The molecule has 1 unspecified atom stereocenters. The molecular weight excluding hydrogens is 270 g/mol. The Labute approximate surface area is 123 Å². The van der Waals surface area contributed by atoms with Crippen LogP contribution in [0.4, 0.5) is 5.13 Å². The van der Waals surface area contributed by atoms with Crippen LogP contribution in [0.15, 0.2) is 24.0 Å². The molecular formula is C14H21N5S. The molecule has 1 saturated heterocycles. The Hall–Kier alpha value is -1.40. The van der Waals surface area contributed by atoms with Gasteiger partial charge in [-0.05, 0) is 19.8 Å². The van der Waals surface area contributed by atoms with E-state index in [1.165, 1.54) is 0 Å². The van der Waals surface area contributed by atoms with Gasteiger partial charge in [0.15, 0.2) is 5.13 Å². The van der Waals surface area contributed by atoms with Gasteiger partial charge in [0.1, 0.15) is 5.82 Å². The fourth-order valence-corrected chi connectivity index (χ4v) is 3.53. The number of hydrogen-bond acceptors (Lipinski definition) is 5. The van der Waals surface area contributed by atoms with E-state index in [2.05, 4.69) is 31.7 Å². The van der Waals surface area contributed by atoms with Gasteiger partial charge in [-0.25, -0.2) is 9.97 Å². The zero-order chi connectivity index (χ0) is 13.9. The van der Waals surface area contributed by atoms with Crippen molar-refractivity contribution in [2.45, 2.75) is 31.8 Å². The van der Waals surface area contributed by atoms with E-state index in [1.54, 1.807) is 11.3 Å². The summed E-state index contributed by atoms with van der Waals surface area (Å²) in [5.74, 6) is 1.10. The predicted molar refractivity (Wildman–Crippen MR) is 82.1 cm³/mol. The molecule has 1 aliphatic rings. The quantitative estimate of drug-likeness (QED) is 0.938. The number of nitrogens with one attached hydrogen (secondary N) is 1. The van der Waals surface area contributed by atoms with Crippen LogP contribution in [0, 0.1) is 0 Å². The van der Waals surface area contributed by atoms with E-state index in [0.717, 1.165) is 36.9 Å². The zero-order valence-corrected chi connectivity index (χ0v) is 12.8. The van der Waals surface area contributed by atoms with Crippen LogP contribution in [0.25, 0.3) is 0 Å². The summed E-state index contributed by atoms with van der Waals surface area (Å²) in [4.78, 5) is 11.2. The van der Waals surface area contributed by atoms with E-state index in [-0.39, 0.29) is 0 Å². The molecule has 1 atom stereocenters. The number of thiazole rings is 1. The Morgan fingerprint density at radius 2 is 2.10 bits per heavy atom. The Balaban J connectivity index is 1.53. The smallest absolute Gasteiger partial charge is 0.185 e. The van der Waals surface area contributed by atoms with Gasteiger partial charge >= 0.3 is 0 Å².